The van der Waals surface area contributed by atoms with Crippen molar-refractivity contribution in [2.75, 3.05) is 38.9 Å². The van der Waals surface area contributed by atoms with Gasteiger partial charge in [-0.3, -0.25) is 45.0 Å². The van der Waals surface area contributed by atoms with Gasteiger partial charge >= 0.3 is 0 Å². The van der Waals surface area contributed by atoms with Crippen LogP contribution in [0.4, 0.5) is 10.3 Å². The standard InChI is InChI=1S/C19H15N5O2S.C18H18N6O3S.C2H6.2H2/c1-11-9-14(12-5-3-7-16-13(12)6-4-8-20-16)15(10-21-11)17(25)22-18-23-24-19(26-2)27-18;1-10-5-13(11-6-12(8-19-7-11)16(26)24(2)3)14(9-20-10)15(25)21-17-22-23-18(27-4)28-17;1-2;;/h3-10H,1-2H3,(H,22,23,25);5-9H,1-4H3,(H,21,22,25);1-2H3;2*1H. The summed E-state index contributed by atoms with van der Waals surface area (Å²) in [7, 11) is 6.31. The Balaban J connectivity index is 0.000000293. The van der Waals surface area contributed by atoms with Crippen LogP contribution in [0.3, 0.4) is 0 Å². The molecule has 0 fully saturated rings. The highest BCUT2D eigenvalue weighted by Crippen LogP contribution is 2.32. The molecule has 0 radical (unpaired) electrons. The van der Waals surface area contributed by atoms with Gasteiger partial charge in [0.2, 0.25) is 10.3 Å². The number of fused-ring (bicyclic) bond motifs is 1. The maximum Gasteiger partial charge on any atom is 0.295 e. The number of nitrogens with zero attached hydrogens (tertiary/aromatic N) is 9. The van der Waals surface area contributed by atoms with Gasteiger partial charge in [0.25, 0.3) is 28.1 Å². The molecule has 0 bridgehead atoms. The van der Waals surface area contributed by atoms with Gasteiger partial charge in [0.1, 0.15) is 0 Å². The molecule has 18 heteroatoms. The summed E-state index contributed by atoms with van der Waals surface area (Å²) in [6.07, 6.45) is 7.91. The van der Waals surface area contributed by atoms with Gasteiger partial charge in [-0.2, -0.15) is 0 Å². The van der Waals surface area contributed by atoms with Crippen LogP contribution in [0.25, 0.3) is 33.2 Å². The summed E-state index contributed by atoms with van der Waals surface area (Å²) in [6, 6.07) is 15.1. The Morgan fingerprint density at radius 3 is 1.82 bits per heavy atom. The smallest absolute Gasteiger partial charge is 0.295 e. The van der Waals surface area contributed by atoms with Crippen molar-refractivity contribution < 1.29 is 26.7 Å². The van der Waals surface area contributed by atoms with Gasteiger partial charge in [0, 0.05) is 70.3 Å². The van der Waals surface area contributed by atoms with E-state index in [9.17, 15) is 14.4 Å². The number of rotatable bonds is 9. The second kappa shape index (κ2) is 19.2. The van der Waals surface area contributed by atoms with E-state index >= 15 is 0 Å². The minimum Gasteiger partial charge on any atom is -0.472 e. The van der Waals surface area contributed by atoms with E-state index in [1.165, 1.54) is 31.5 Å². The third kappa shape index (κ3) is 10.1. The number of aromatic nitrogens is 8. The third-order valence-electron chi connectivity index (χ3n) is 7.81. The normalized spacial score (nSPS) is 10.3. The highest BCUT2D eigenvalue weighted by molar-refractivity contribution is 7.17. The van der Waals surface area contributed by atoms with Gasteiger partial charge in [0.05, 0.1) is 36.4 Å². The first kappa shape index (κ1) is 41.4. The second-order valence-electron chi connectivity index (χ2n) is 11.8. The molecule has 7 rings (SSSR count). The molecule has 1 aromatic carbocycles. The van der Waals surface area contributed by atoms with Crippen LogP contribution in [0.2, 0.25) is 0 Å². The lowest BCUT2D eigenvalue weighted by molar-refractivity contribution is 0.0826. The number of carbonyl (C=O) groups excluding carboxylic acids is 3. The highest BCUT2D eigenvalue weighted by Gasteiger charge is 2.20. The summed E-state index contributed by atoms with van der Waals surface area (Å²) in [4.78, 5) is 56.5. The Morgan fingerprint density at radius 1 is 0.684 bits per heavy atom. The molecule has 0 unspecified atom stereocenters. The number of pyridine rings is 4. The Labute approximate surface area is 339 Å². The Kier molecular flexibility index (Phi) is 13.9. The van der Waals surface area contributed by atoms with E-state index in [0.717, 1.165) is 56.1 Å². The van der Waals surface area contributed by atoms with E-state index in [4.69, 9.17) is 9.47 Å². The number of carbonyl (C=O) groups is 3. The summed E-state index contributed by atoms with van der Waals surface area (Å²) in [5.41, 5.74) is 6.58. The second-order valence-corrected chi connectivity index (χ2v) is 13.7. The molecule has 6 aromatic heterocycles. The van der Waals surface area contributed by atoms with Crippen LogP contribution in [0.15, 0.2) is 79.5 Å². The summed E-state index contributed by atoms with van der Waals surface area (Å²) >= 11 is 2.27. The van der Waals surface area contributed by atoms with Crippen LogP contribution < -0.4 is 20.1 Å². The Hall–Kier alpha value is -6.79. The molecule has 0 aliphatic carbocycles. The zero-order valence-corrected chi connectivity index (χ0v) is 34.0. The first-order valence-corrected chi connectivity index (χ1v) is 19.0. The number of ether oxygens (including phenoxy) is 2. The number of aryl methyl sites for hydroxylation is 2. The van der Waals surface area contributed by atoms with E-state index < -0.39 is 5.91 Å². The van der Waals surface area contributed by atoms with E-state index in [0.29, 0.717) is 48.5 Å². The lowest BCUT2D eigenvalue weighted by Gasteiger charge is -2.13. The fourth-order valence-electron chi connectivity index (χ4n) is 5.26. The molecule has 57 heavy (non-hydrogen) atoms. The van der Waals surface area contributed by atoms with Crippen LogP contribution in [-0.4, -0.2) is 91.3 Å². The minimum absolute atomic E-state index is 0. The number of benzene rings is 1. The Bertz CT molecular complexity index is 2530. The van der Waals surface area contributed by atoms with Crippen LogP contribution in [0, 0.1) is 13.8 Å². The van der Waals surface area contributed by atoms with Crippen molar-refractivity contribution >= 4 is 61.6 Å². The first-order chi connectivity index (χ1) is 27.5. The summed E-state index contributed by atoms with van der Waals surface area (Å²) in [5.74, 6) is -0.880. The predicted molar refractivity (Wildman–Crippen MR) is 224 cm³/mol. The number of hydrogen-bond acceptors (Lipinski definition) is 15. The number of methoxy groups -OCH3 is 2. The van der Waals surface area contributed by atoms with Crippen LogP contribution in [0.1, 0.15) is 59.2 Å². The van der Waals surface area contributed by atoms with Crippen molar-refractivity contribution in [2.24, 2.45) is 0 Å². The lowest BCUT2D eigenvalue weighted by atomic mass is 9.96. The molecular weight excluding hydrogens is 767 g/mol. The van der Waals surface area contributed by atoms with Gasteiger partial charge in [-0.05, 0) is 83.5 Å². The van der Waals surface area contributed by atoms with Crippen LogP contribution >= 0.6 is 22.7 Å². The zero-order valence-electron chi connectivity index (χ0n) is 32.4. The first-order valence-electron chi connectivity index (χ1n) is 17.4. The molecule has 2 N–H and O–H groups in total. The molecule has 0 saturated carbocycles. The molecule has 296 valence electrons. The maximum absolute atomic E-state index is 12.9. The van der Waals surface area contributed by atoms with Gasteiger partial charge in [-0.25, -0.2) is 0 Å². The molecule has 3 amide bonds. The van der Waals surface area contributed by atoms with Gasteiger partial charge in [-0.15, -0.1) is 10.2 Å². The number of amides is 3. The van der Waals surface area contributed by atoms with Gasteiger partial charge in [-0.1, -0.05) is 42.2 Å². The summed E-state index contributed by atoms with van der Waals surface area (Å²) < 4.78 is 10.00. The average molecular weight is 810 g/mol. The molecule has 16 nitrogen and oxygen atoms in total. The zero-order chi connectivity index (χ0) is 41.1. The molecule has 0 saturated heterocycles. The molecular formula is C39H43N11O5S2. The van der Waals surface area contributed by atoms with E-state index in [1.54, 1.807) is 44.8 Å². The Morgan fingerprint density at radius 2 is 1.26 bits per heavy atom. The molecule has 7 aromatic rings. The van der Waals surface area contributed by atoms with Crippen molar-refractivity contribution in [2.45, 2.75) is 27.7 Å². The van der Waals surface area contributed by atoms with Gasteiger partial charge in [0.15, 0.2) is 0 Å². The fourth-order valence-corrected chi connectivity index (χ4v) is 6.37. The van der Waals surface area contributed by atoms with Gasteiger partial charge < -0.3 is 14.4 Å². The SMILES string of the molecule is CC.COc1nnc(NC(=O)c2cnc(C)cc2-c2cccc3ncccc23)s1.COc1nnc(NC(=O)c2cnc(C)cc2-c2cncc(C(=O)N(C)C)c2)s1.[HH].[HH]. The lowest BCUT2D eigenvalue weighted by Crippen LogP contribution is -2.21. The van der Waals surface area contributed by atoms with Crippen molar-refractivity contribution in [3.8, 4) is 32.6 Å². The topological polar surface area (TPSA) is 200 Å². The predicted octanol–water partition coefficient (Wildman–Crippen LogP) is 7.50. The van der Waals surface area contributed by atoms with E-state index in [1.807, 2.05) is 64.1 Å². The molecule has 0 aliphatic rings. The number of anilines is 2. The van der Waals surface area contributed by atoms with E-state index in [2.05, 4.69) is 51.0 Å². The summed E-state index contributed by atoms with van der Waals surface area (Å²) in [6.45, 7) is 7.72. The minimum atomic E-state index is -0.398. The maximum atomic E-state index is 12.9. The summed E-state index contributed by atoms with van der Waals surface area (Å²) in [5, 5.41) is 23.2. The van der Waals surface area contributed by atoms with Crippen LogP contribution in [0.5, 0.6) is 10.4 Å². The average Bonchev–Trinajstić information content (AvgIpc) is 3.90. The molecule has 0 spiro atoms. The van der Waals surface area contributed by atoms with Crippen molar-refractivity contribution in [1.29, 1.82) is 0 Å². The number of nitrogens with one attached hydrogen (secondary N) is 2. The highest BCUT2D eigenvalue weighted by atomic mass is 32.1. The van der Waals surface area contributed by atoms with Crippen LogP contribution in [-0.2, 0) is 0 Å². The number of hydrogen-bond donors (Lipinski definition) is 2. The molecule has 6 heterocycles. The monoisotopic (exact) mass is 809 g/mol. The quantitative estimate of drug-likeness (QED) is 0.145. The van der Waals surface area contributed by atoms with E-state index in [-0.39, 0.29) is 14.7 Å². The van der Waals surface area contributed by atoms with Crippen molar-refractivity contribution in [1.82, 2.24) is 45.2 Å². The third-order valence-corrected chi connectivity index (χ3v) is 9.41. The van der Waals surface area contributed by atoms with Crippen molar-refractivity contribution in [3.05, 3.63) is 108 Å². The molecule has 0 atom stereocenters. The van der Waals surface area contributed by atoms with Crippen molar-refractivity contribution in [3.63, 3.8) is 0 Å². The molecule has 0 aliphatic heterocycles. The fraction of sp³-hybridized carbons (Fsp3) is 0.205. The largest absolute Gasteiger partial charge is 0.472 e.